The highest BCUT2D eigenvalue weighted by molar-refractivity contribution is 6.44. The molecule has 6 atom stereocenters. The van der Waals surface area contributed by atoms with Gasteiger partial charge in [0.1, 0.15) is 5.82 Å². The first kappa shape index (κ1) is 24.9. The first-order valence-electron chi connectivity index (χ1n) is 12.7. The van der Waals surface area contributed by atoms with Crippen LogP contribution in [-0.4, -0.2) is 21.5 Å². The van der Waals surface area contributed by atoms with E-state index in [1.54, 1.807) is 12.1 Å². The van der Waals surface area contributed by atoms with E-state index < -0.39 is 9.28 Å². The van der Waals surface area contributed by atoms with Gasteiger partial charge >= 0.3 is 9.28 Å². The van der Waals surface area contributed by atoms with E-state index in [0.717, 1.165) is 24.4 Å². The van der Waals surface area contributed by atoms with E-state index in [-0.39, 0.29) is 18.0 Å². The lowest BCUT2D eigenvalue weighted by Gasteiger charge is -2.41. The third-order valence-corrected chi connectivity index (χ3v) is 9.58. The quantitative estimate of drug-likeness (QED) is 0.388. The summed E-state index contributed by atoms with van der Waals surface area (Å²) in [5, 5.41) is 0. The van der Waals surface area contributed by atoms with Crippen LogP contribution in [-0.2, 0) is 14.9 Å². The Morgan fingerprint density at radius 3 is 1.68 bits per heavy atom. The molecule has 0 spiro atoms. The molecule has 0 aliphatic heterocycles. The first-order valence-corrected chi connectivity index (χ1v) is 14.2. The van der Waals surface area contributed by atoms with Crippen molar-refractivity contribution >= 4 is 9.28 Å². The maximum atomic E-state index is 13.5. The largest absolute Gasteiger partial charge is 0.390 e. The second-order valence-corrected chi connectivity index (χ2v) is 12.7. The minimum absolute atomic E-state index is 0.179. The molecule has 31 heavy (non-hydrogen) atoms. The fourth-order valence-electron chi connectivity index (χ4n) is 5.72. The molecule has 0 N–H and O–H groups in total. The SMILES string of the molecule is CC(C)[C@H]1CC[C@H](C)C[C@@H]1O[Si](Cc1ccc(F)cc1)O[C@H]1C[C@@H](C)CC[C@@H]1C(C)C. The molecule has 2 aliphatic carbocycles. The van der Waals surface area contributed by atoms with Crippen molar-refractivity contribution in [2.24, 2.45) is 35.5 Å². The van der Waals surface area contributed by atoms with Gasteiger partial charge in [0.2, 0.25) is 0 Å². The van der Waals surface area contributed by atoms with Gasteiger partial charge in [-0.25, -0.2) is 4.39 Å². The van der Waals surface area contributed by atoms with Crippen molar-refractivity contribution < 1.29 is 13.2 Å². The van der Waals surface area contributed by atoms with E-state index in [2.05, 4.69) is 41.5 Å². The van der Waals surface area contributed by atoms with Crippen molar-refractivity contribution in [2.45, 2.75) is 98.3 Å². The Kier molecular flexibility index (Phi) is 9.19. The van der Waals surface area contributed by atoms with Crippen molar-refractivity contribution in [3.8, 4) is 0 Å². The van der Waals surface area contributed by atoms with Crippen LogP contribution in [0.1, 0.15) is 85.6 Å². The zero-order chi connectivity index (χ0) is 22.5. The Bertz CT molecular complexity index is 628. The Morgan fingerprint density at radius 2 is 1.26 bits per heavy atom. The van der Waals surface area contributed by atoms with Crippen LogP contribution < -0.4 is 0 Å². The van der Waals surface area contributed by atoms with Crippen molar-refractivity contribution in [1.29, 1.82) is 0 Å². The third-order valence-electron chi connectivity index (χ3n) is 7.75. The van der Waals surface area contributed by atoms with Crippen molar-refractivity contribution in [3.63, 3.8) is 0 Å². The number of rotatable bonds is 8. The predicted molar refractivity (Wildman–Crippen MR) is 128 cm³/mol. The highest BCUT2D eigenvalue weighted by atomic mass is 28.3. The van der Waals surface area contributed by atoms with Crippen LogP contribution >= 0.6 is 0 Å². The summed E-state index contributed by atoms with van der Waals surface area (Å²) in [4.78, 5) is 0. The van der Waals surface area contributed by atoms with E-state index in [9.17, 15) is 4.39 Å². The van der Waals surface area contributed by atoms with E-state index in [4.69, 9.17) is 8.85 Å². The summed E-state index contributed by atoms with van der Waals surface area (Å²) in [7, 11) is -1.51. The molecule has 2 aliphatic rings. The molecule has 2 fully saturated rings. The van der Waals surface area contributed by atoms with Crippen molar-refractivity contribution in [1.82, 2.24) is 0 Å². The summed E-state index contributed by atoms with van der Waals surface area (Å²) in [6.45, 7) is 14.1. The smallest absolute Gasteiger partial charge is 0.389 e. The maximum Gasteiger partial charge on any atom is 0.389 e. The number of benzene rings is 1. The van der Waals surface area contributed by atoms with Crippen LogP contribution in [0.2, 0.25) is 0 Å². The Labute approximate surface area is 192 Å². The summed E-state index contributed by atoms with van der Waals surface area (Å²) in [5.41, 5.74) is 1.13. The average molecular weight is 448 g/mol. The lowest BCUT2D eigenvalue weighted by atomic mass is 9.75. The molecule has 1 aromatic rings. The molecular formula is C27H44FO2Si. The van der Waals surface area contributed by atoms with E-state index >= 15 is 0 Å². The van der Waals surface area contributed by atoms with Gasteiger partial charge in [0, 0.05) is 6.04 Å². The molecule has 0 heterocycles. The Morgan fingerprint density at radius 1 is 0.806 bits per heavy atom. The van der Waals surface area contributed by atoms with E-state index in [1.165, 1.54) is 25.7 Å². The van der Waals surface area contributed by atoms with E-state index in [0.29, 0.717) is 35.5 Å². The highest BCUT2D eigenvalue weighted by Gasteiger charge is 2.38. The molecule has 175 valence electrons. The Hall–Kier alpha value is -0.713. The molecule has 1 aromatic carbocycles. The van der Waals surface area contributed by atoms with Crippen LogP contribution in [0.4, 0.5) is 4.39 Å². The number of hydrogen-bond donors (Lipinski definition) is 0. The van der Waals surface area contributed by atoms with Gasteiger partial charge < -0.3 is 8.85 Å². The third kappa shape index (κ3) is 7.13. The van der Waals surface area contributed by atoms with Gasteiger partial charge in [0.15, 0.2) is 0 Å². The molecule has 3 rings (SSSR count). The summed E-state index contributed by atoms with van der Waals surface area (Å²) in [6, 6.07) is 7.72. The summed E-state index contributed by atoms with van der Waals surface area (Å²) in [5.74, 6) is 3.73. The average Bonchev–Trinajstić information content (AvgIpc) is 2.69. The second kappa shape index (κ2) is 11.4. The molecule has 0 unspecified atom stereocenters. The predicted octanol–water partition coefficient (Wildman–Crippen LogP) is 7.35. The molecule has 0 aromatic heterocycles. The monoisotopic (exact) mass is 447 g/mol. The highest BCUT2D eigenvalue weighted by Crippen LogP contribution is 2.38. The fraction of sp³-hybridized carbons (Fsp3) is 0.778. The van der Waals surface area contributed by atoms with Gasteiger partial charge in [0.05, 0.1) is 12.2 Å². The van der Waals surface area contributed by atoms with Gasteiger partial charge in [-0.15, -0.1) is 0 Å². The minimum atomic E-state index is -1.51. The molecule has 1 radical (unpaired) electrons. The molecule has 2 nitrogen and oxygen atoms in total. The standard InChI is InChI=1S/C27H44FO2Si/c1-18(2)24-13-7-20(5)15-26(24)29-31(17-22-9-11-23(28)12-10-22)30-27-16-21(6)8-14-25(27)19(3)4/h9-12,18-21,24-27H,7-8,13-17H2,1-6H3/t20-,21-,24+,25+,26-,27-/m0/s1. The zero-order valence-corrected chi connectivity index (χ0v) is 21.6. The summed E-state index contributed by atoms with van der Waals surface area (Å²) < 4.78 is 27.3. The van der Waals surface area contributed by atoms with Crippen molar-refractivity contribution in [3.05, 3.63) is 35.6 Å². The van der Waals surface area contributed by atoms with Crippen LogP contribution in [0.3, 0.4) is 0 Å². The number of halogens is 1. The number of hydrogen-bond acceptors (Lipinski definition) is 2. The summed E-state index contributed by atoms with van der Waals surface area (Å²) in [6.07, 6.45) is 7.97. The van der Waals surface area contributed by atoms with Crippen LogP contribution in [0.25, 0.3) is 0 Å². The molecule has 0 saturated heterocycles. The summed E-state index contributed by atoms with van der Waals surface area (Å²) >= 11 is 0. The normalized spacial score (nSPS) is 32.2. The molecule has 4 heteroatoms. The van der Waals surface area contributed by atoms with Crippen LogP contribution in [0.5, 0.6) is 0 Å². The van der Waals surface area contributed by atoms with E-state index in [1.807, 2.05) is 12.1 Å². The molecule has 0 bridgehead atoms. The van der Waals surface area contributed by atoms with Gasteiger partial charge in [-0.05, 0) is 78.9 Å². The molecule has 0 amide bonds. The fourth-order valence-corrected chi connectivity index (χ4v) is 7.73. The van der Waals surface area contributed by atoms with Gasteiger partial charge in [-0.1, -0.05) is 66.5 Å². The molecule has 2 saturated carbocycles. The van der Waals surface area contributed by atoms with Gasteiger partial charge in [-0.3, -0.25) is 0 Å². The Balaban J connectivity index is 1.78. The minimum Gasteiger partial charge on any atom is -0.390 e. The van der Waals surface area contributed by atoms with Crippen LogP contribution in [0, 0.1) is 41.3 Å². The topological polar surface area (TPSA) is 18.5 Å². The zero-order valence-electron chi connectivity index (χ0n) is 20.6. The van der Waals surface area contributed by atoms with Crippen molar-refractivity contribution in [2.75, 3.05) is 0 Å². The van der Waals surface area contributed by atoms with Gasteiger partial charge in [-0.2, -0.15) is 0 Å². The van der Waals surface area contributed by atoms with Gasteiger partial charge in [0.25, 0.3) is 0 Å². The first-order chi connectivity index (χ1) is 14.7. The van der Waals surface area contributed by atoms with Crippen LogP contribution in [0.15, 0.2) is 24.3 Å². The maximum absolute atomic E-state index is 13.5. The second-order valence-electron chi connectivity index (χ2n) is 11.1. The lowest BCUT2D eigenvalue weighted by Crippen LogP contribution is -2.45. The lowest BCUT2D eigenvalue weighted by molar-refractivity contribution is -0.0152. The molecular weight excluding hydrogens is 403 g/mol.